The van der Waals surface area contributed by atoms with Crippen LogP contribution in [0.3, 0.4) is 0 Å². The summed E-state index contributed by atoms with van der Waals surface area (Å²) in [5, 5.41) is 1.43. The van der Waals surface area contributed by atoms with Crippen LogP contribution in [0.2, 0.25) is 0 Å². The van der Waals surface area contributed by atoms with Gasteiger partial charge in [0.2, 0.25) is 5.91 Å². The first kappa shape index (κ1) is 15.0. The molecule has 1 fully saturated rings. The summed E-state index contributed by atoms with van der Waals surface area (Å²) in [7, 11) is 0. The van der Waals surface area contributed by atoms with E-state index >= 15 is 0 Å². The highest BCUT2D eigenvalue weighted by Crippen LogP contribution is 2.24. The Bertz CT molecular complexity index is 551. The van der Waals surface area contributed by atoms with Crippen LogP contribution in [0.1, 0.15) is 44.3 Å². The molecule has 1 aromatic rings. The fraction of sp³-hybridized carbons (Fsp3) is 0.667. The average molecular weight is 306 g/mol. The minimum absolute atomic E-state index is 0.0928. The van der Waals surface area contributed by atoms with Crippen LogP contribution in [0.25, 0.3) is 0 Å². The van der Waals surface area contributed by atoms with E-state index in [4.69, 9.17) is 4.84 Å². The molecule has 3 rings (SSSR count). The van der Waals surface area contributed by atoms with Crippen molar-refractivity contribution in [1.29, 1.82) is 0 Å². The molecule has 0 bridgehead atoms. The second-order valence-electron chi connectivity index (χ2n) is 5.81. The van der Waals surface area contributed by atoms with Crippen LogP contribution in [-0.4, -0.2) is 51.0 Å². The minimum atomic E-state index is -0.435. The maximum Gasteiger partial charge on any atom is 0.271 e. The standard InChI is InChI=1S/C15H22N4O3/c1-2-3-5-14(20)17-9-12-8-16-11-18(12)13(10-17)15(21)19-6-4-7-22-19/h8,11,13H,2-7,9-10H2,1H3. The number of hydrogen-bond acceptors (Lipinski definition) is 4. The Morgan fingerprint density at radius 2 is 2.32 bits per heavy atom. The van der Waals surface area contributed by atoms with Crippen molar-refractivity contribution in [1.82, 2.24) is 19.5 Å². The maximum absolute atomic E-state index is 12.7. The third-order valence-electron chi connectivity index (χ3n) is 4.21. The lowest BCUT2D eigenvalue weighted by Crippen LogP contribution is -2.46. The lowest BCUT2D eigenvalue weighted by molar-refractivity contribution is -0.174. The Balaban J connectivity index is 1.77. The molecule has 120 valence electrons. The van der Waals surface area contributed by atoms with Gasteiger partial charge in [-0.25, -0.2) is 10.0 Å². The summed E-state index contributed by atoms with van der Waals surface area (Å²) in [5.74, 6) is 0.0131. The molecule has 1 atom stereocenters. The smallest absolute Gasteiger partial charge is 0.271 e. The van der Waals surface area contributed by atoms with Crippen molar-refractivity contribution in [3.8, 4) is 0 Å². The minimum Gasteiger partial charge on any atom is -0.334 e. The molecule has 0 N–H and O–H groups in total. The molecule has 7 nitrogen and oxygen atoms in total. The Kier molecular flexibility index (Phi) is 4.42. The average Bonchev–Trinajstić information content (AvgIpc) is 3.21. The van der Waals surface area contributed by atoms with Crippen molar-refractivity contribution in [3.63, 3.8) is 0 Å². The molecule has 1 unspecified atom stereocenters. The van der Waals surface area contributed by atoms with Crippen LogP contribution in [0.5, 0.6) is 0 Å². The summed E-state index contributed by atoms with van der Waals surface area (Å²) in [5.41, 5.74) is 0.897. The summed E-state index contributed by atoms with van der Waals surface area (Å²) >= 11 is 0. The molecule has 3 heterocycles. The zero-order valence-corrected chi connectivity index (χ0v) is 12.9. The third kappa shape index (κ3) is 2.85. The number of fused-ring (bicyclic) bond motifs is 1. The number of nitrogens with zero attached hydrogens (tertiary/aromatic N) is 4. The van der Waals surface area contributed by atoms with Crippen LogP contribution in [0.4, 0.5) is 0 Å². The molecule has 0 spiro atoms. The fourth-order valence-electron chi connectivity index (χ4n) is 2.95. The molecule has 1 aromatic heterocycles. The highest BCUT2D eigenvalue weighted by molar-refractivity contribution is 5.82. The Labute approximate surface area is 129 Å². The third-order valence-corrected chi connectivity index (χ3v) is 4.21. The number of imidazole rings is 1. The largest absolute Gasteiger partial charge is 0.334 e. The zero-order valence-electron chi connectivity index (χ0n) is 12.9. The zero-order chi connectivity index (χ0) is 15.5. The Morgan fingerprint density at radius 3 is 3.05 bits per heavy atom. The summed E-state index contributed by atoms with van der Waals surface area (Å²) in [6.07, 6.45) is 6.65. The van der Waals surface area contributed by atoms with Crippen molar-refractivity contribution in [2.24, 2.45) is 0 Å². The second-order valence-corrected chi connectivity index (χ2v) is 5.81. The number of amides is 2. The van der Waals surface area contributed by atoms with E-state index in [1.54, 1.807) is 17.4 Å². The van der Waals surface area contributed by atoms with Crippen LogP contribution in [-0.2, 0) is 21.0 Å². The summed E-state index contributed by atoms with van der Waals surface area (Å²) < 4.78 is 1.87. The first-order valence-corrected chi connectivity index (χ1v) is 7.93. The van der Waals surface area contributed by atoms with Gasteiger partial charge in [0.05, 0.1) is 38.3 Å². The summed E-state index contributed by atoms with van der Waals surface area (Å²) in [4.78, 5) is 36.2. The van der Waals surface area contributed by atoms with Crippen LogP contribution in [0, 0.1) is 0 Å². The van der Waals surface area contributed by atoms with Gasteiger partial charge < -0.3 is 9.47 Å². The number of aromatic nitrogens is 2. The van der Waals surface area contributed by atoms with E-state index in [2.05, 4.69) is 11.9 Å². The van der Waals surface area contributed by atoms with Crippen molar-refractivity contribution in [2.75, 3.05) is 19.7 Å². The Hall–Kier alpha value is -1.89. The van der Waals surface area contributed by atoms with Gasteiger partial charge in [-0.15, -0.1) is 0 Å². The predicted molar refractivity (Wildman–Crippen MR) is 78.5 cm³/mol. The number of carbonyl (C=O) groups is 2. The molecule has 0 aromatic carbocycles. The van der Waals surface area contributed by atoms with Gasteiger partial charge in [0.25, 0.3) is 5.91 Å². The van der Waals surface area contributed by atoms with Gasteiger partial charge in [0, 0.05) is 12.6 Å². The number of hydroxylamine groups is 2. The molecule has 7 heteroatoms. The van der Waals surface area contributed by atoms with Gasteiger partial charge in [-0.1, -0.05) is 13.3 Å². The molecule has 22 heavy (non-hydrogen) atoms. The first-order valence-electron chi connectivity index (χ1n) is 7.93. The monoisotopic (exact) mass is 306 g/mol. The van der Waals surface area contributed by atoms with Crippen molar-refractivity contribution >= 4 is 11.8 Å². The van der Waals surface area contributed by atoms with Gasteiger partial charge in [-0.05, 0) is 12.8 Å². The first-order chi connectivity index (χ1) is 10.7. The van der Waals surface area contributed by atoms with E-state index in [-0.39, 0.29) is 11.8 Å². The highest BCUT2D eigenvalue weighted by Gasteiger charge is 2.36. The van der Waals surface area contributed by atoms with Gasteiger partial charge in [-0.2, -0.15) is 0 Å². The fourth-order valence-corrected chi connectivity index (χ4v) is 2.95. The van der Waals surface area contributed by atoms with E-state index in [1.807, 2.05) is 4.57 Å². The number of hydrogen-bond donors (Lipinski definition) is 0. The van der Waals surface area contributed by atoms with Crippen LogP contribution < -0.4 is 0 Å². The van der Waals surface area contributed by atoms with Crippen molar-refractivity contribution in [3.05, 3.63) is 18.2 Å². The van der Waals surface area contributed by atoms with Crippen molar-refractivity contribution in [2.45, 2.75) is 45.2 Å². The van der Waals surface area contributed by atoms with Gasteiger partial charge in [0.1, 0.15) is 6.04 Å². The van der Waals surface area contributed by atoms with Crippen LogP contribution in [0.15, 0.2) is 12.5 Å². The molecule has 2 aliphatic heterocycles. The lowest BCUT2D eigenvalue weighted by Gasteiger charge is -2.35. The Morgan fingerprint density at radius 1 is 1.45 bits per heavy atom. The van der Waals surface area contributed by atoms with Crippen molar-refractivity contribution < 1.29 is 14.4 Å². The van der Waals surface area contributed by atoms with Gasteiger partial charge in [-0.3, -0.25) is 14.4 Å². The lowest BCUT2D eigenvalue weighted by atomic mass is 10.1. The quantitative estimate of drug-likeness (QED) is 0.836. The van der Waals surface area contributed by atoms with Gasteiger partial charge >= 0.3 is 0 Å². The molecule has 0 saturated carbocycles. The molecule has 2 aliphatic rings. The molecule has 1 saturated heterocycles. The molecule has 0 radical (unpaired) electrons. The molecule has 2 amide bonds. The SMILES string of the molecule is CCCCC(=O)N1Cc2cncn2C(C(=O)N2CCCO2)C1. The number of unbranched alkanes of at least 4 members (excludes halogenated alkanes) is 1. The van der Waals surface area contributed by atoms with E-state index < -0.39 is 6.04 Å². The van der Waals surface area contributed by atoms with Gasteiger partial charge in [0.15, 0.2) is 0 Å². The topological polar surface area (TPSA) is 67.7 Å². The molecular weight excluding hydrogens is 284 g/mol. The highest BCUT2D eigenvalue weighted by atomic mass is 16.7. The summed E-state index contributed by atoms with van der Waals surface area (Å²) in [6.45, 7) is 4.17. The summed E-state index contributed by atoms with van der Waals surface area (Å²) in [6, 6.07) is -0.435. The maximum atomic E-state index is 12.7. The molecule has 0 aliphatic carbocycles. The van der Waals surface area contributed by atoms with Crippen LogP contribution >= 0.6 is 0 Å². The molecular formula is C15H22N4O3. The predicted octanol–water partition coefficient (Wildman–Crippen LogP) is 1.12. The second kappa shape index (κ2) is 6.48. The van der Waals surface area contributed by atoms with E-state index in [1.165, 1.54) is 5.06 Å². The van der Waals surface area contributed by atoms with E-state index in [0.717, 1.165) is 25.0 Å². The van der Waals surface area contributed by atoms with E-state index in [0.29, 0.717) is 32.7 Å². The van der Waals surface area contributed by atoms with E-state index in [9.17, 15) is 9.59 Å². The number of rotatable bonds is 4. The number of carbonyl (C=O) groups excluding carboxylic acids is 2. The normalized spacial score (nSPS) is 21.0.